The number of nitrogens with two attached hydrogens (primary N) is 1. The summed E-state index contributed by atoms with van der Waals surface area (Å²) in [7, 11) is 3.41. The summed E-state index contributed by atoms with van der Waals surface area (Å²) < 4.78 is 0. The number of aliphatic imine (C=N–C) groups is 1. The minimum atomic E-state index is 0.802. The van der Waals surface area contributed by atoms with Gasteiger partial charge in [0.15, 0.2) is 0 Å². The van der Waals surface area contributed by atoms with Crippen LogP contribution in [-0.4, -0.2) is 33.1 Å². The highest BCUT2D eigenvalue weighted by atomic mass is 16.6. The first-order chi connectivity index (χ1) is 5.83. The van der Waals surface area contributed by atoms with E-state index in [1.54, 1.807) is 14.1 Å². The maximum Gasteiger partial charge on any atom is 0.0679 e. The number of rotatable bonds is 4. The van der Waals surface area contributed by atoms with E-state index >= 15 is 0 Å². The van der Waals surface area contributed by atoms with Crippen molar-refractivity contribution in [1.82, 2.24) is 5.48 Å². The summed E-state index contributed by atoms with van der Waals surface area (Å²) in [5.41, 5.74) is 2.57. The first-order valence-electron chi connectivity index (χ1n) is 3.76. The monoisotopic (exact) mass is 174 g/mol. The van der Waals surface area contributed by atoms with Gasteiger partial charge in [0.2, 0.25) is 0 Å². The van der Waals surface area contributed by atoms with E-state index in [9.17, 15) is 0 Å². The summed E-state index contributed by atoms with van der Waals surface area (Å²) >= 11 is 0. The van der Waals surface area contributed by atoms with Gasteiger partial charge in [-0.15, -0.1) is 0 Å². The molecule has 0 saturated carbocycles. The van der Waals surface area contributed by atoms with Crippen molar-refractivity contribution in [2.75, 3.05) is 20.7 Å². The van der Waals surface area contributed by atoms with Crippen LogP contribution in [0.4, 0.5) is 0 Å². The minimum absolute atomic E-state index is 0.802. The fourth-order valence-electron chi connectivity index (χ4n) is 0.309. The molecule has 12 heavy (non-hydrogen) atoms. The molecule has 0 saturated heterocycles. The zero-order valence-corrected chi connectivity index (χ0v) is 7.95. The normalized spacial score (nSPS) is 10.2. The van der Waals surface area contributed by atoms with E-state index in [-0.39, 0.29) is 0 Å². The van der Waals surface area contributed by atoms with Gasteiger partial charge in [-0.3, -0.25) is 4.99 Å². The fourth-order valence-corrected chi connectivity index (χ4v) is 0.309. The van der Waals surface area contributed by atoms with Gasteiger partial charge in [0.1, 0.15) is 0 Å². The average molecular weight is 174 g/mol. The van der Waals surface area contributed by atoms with E-state index in [2.05, 4.69) is 22.5 Å². The summed E-state index contributed by atoms with van der Waals surface area (Å²) in [5, 5.41) is 3.15. The molecule has 0 aliphatic rings. The Morgan fingerprint density at radius 1 is 1.50 bits per heavy atom. The largest absolute Gasteiger partial charge is 0.323 e. The quantitative estimate of drug-likeness (QED) is 0.276. The third-order valence-corrected chi connectivity index (χ3v) is 0.752. The van der Waals surface area contributed by atoms with E-state index in [0.717, 1.165) is 13.0 Å². The third-order valence-electron chi connectivity index (χ3n) is 0.752. The molecule has 5 heteroatoms. The number of nitrogens with zero attached hydrogens (tertiary/aromatic N) is 2. The highest BCUT2D eigenvalue weighted by Crippen LogP contribution is 1.70. The molecule has 0 aliphatic carbocycles. The standard InChI is InChI=1S/C4H11NO.C3H7N3/c1-3-4-6-5-2;1-5-2-3-6-4/h5H,3-4H2,1-2H3;2-3H,4H2,1H3. The molecule has 0 amide bonds. The maximum absolute atomic E-state index is 4.73. The zero-order chi connectivity index (χ0) is 9.66. The predicted molar refractivity (Wildman–Crippen MR) is 52.4 cm³/mol. The highest BCUT2D eigenvalue weighted by Gasteiger charge is 1.71. The number of hydrazone groups is 1. The lowest BCUT2D eigenvalue weighted by Gasteiger charge is -1.93. The van der Waals surface area contributed by atoms with Crippen molar-refractivity contribution in [3.63, 3.8) is 0 Å². The molecular weight excluding hydrogens is 156 g/mol. The van der Waals surface area contributed by atoms with Gasteiger partial charge in [-0.2, -0.15) is 5.10 Å². The molecule has 0 radical (unpaired) electrons. The molecule has 0 fully saturated rings. The van der Waals surface area contributed by atoms with Crippen LogP contribution in [-0.2, 0) is 4.84 Å². The average Bonchev–Trinajstić information content (AvgIpc) is 2.12. The van der Waals surface area contributed by atoms with E-state index in [0.29, 0.717) is 0 Å². The lowest BCUT2D eigenvalue weighted by atomic mass is 10.5. The first-order valence-corrected chi connectivity index (χ1v) is 3.76. The van der Waals surface area contributed by atoms with Crippen molar-refractivity contribution in [1.29, 1.82) is 0 Å². The van der Waals surface area contributed by atoms with Crippen molar-refractivity contribution < 1.29 is 4.84 Å². The summed E-state index contributed by atoms with van der Waals surface area (Å²) in [6.07, 6.45) is 4.00. The van der Waals surface area contributed by atoms with Crippen LogP contribution in [0.3, 0.4) is 0 Å². The van der Waals surface area contributed by atoms with Gasteiger partial charge in [0.05, 0.1) is 12.8 Å². The summed E-state index contributed by atoms with van der Waals surface area (Å²) in [6.45, 7) is 2.87. The Morgan fingerprint density at radius 3 is 2.33 bits per heavy atom. The van der Waals surface area contributed by atoms with Gasteiger partial charge in [0.25, 0.3) is 0 Å². The summed E-state index contributed by atoms with van der Waals surface area (Å²) in [4.78, 5) is 8.30. The summed E-state index contributed by atoms with van der Waals surface area (Å²) in [6, 6.07) is 0. The van der Waals surface area contributed by atoms with Crippen molar-refractivity contribution >= 4 is 12.4 Å². The van der Waals surface area contributed by atoms with E-state index < -0.39 is 0 Å². The predicted octanol–water partition coefficient (Wildman–Crippen LogP) is 0.179. The zero-order valence-electron chi connectivity index (χ0n) is 7.95. The van der Waals surface area contributed by atoms with Crippen LogP contribution < -0.4 is 11.3 Å². The topological polar surface area (TPSA) is 72.0 Å². The molecule has 0 heterocycles. The Hall–Kier alpha value is -0.940. The van der Waals surface area contributed by atoms with Crippen molar-refractivity contribution in [3.05, 3.63) is 0 Å². The lowest BCUT2D eigenvalue weighted by Crippen LogP contribution is -2.06. The molecule has 0 aromatic carbocycles. The first kappa shape index (κ1) is 13.6. The van der Waals surface area contributed by atoms with Gasteiger partial charge >= 0.3 is 0 Å². The molecule has 3 N–H and O–H groups in total. The van der Waals surface area contributed by atoms with Crippen molar-refractivity contribution in [2.45, 2.75) is 13.3 Å². The Balaban J connectivity index is 0. The third kappa shape index (κ3) is 23.0. The second kappa shape index (κ2) is 16.6. The van der Waals surface area contributed by atoms with Crippen LogP contribution in [0.2, 0.25) is 0 Å². The van der Waals surface area contributed by atoms with Crippen LogP contribution in [0.5, 0.6) is 0 Å². The molecule has 0 aromatic heterocycles. The van der Waals surface area contributed by atoms with E-state index in [4.69, 9.17) is 10.7 Å². The van der Waals surface area contributed by atoms with E-state index in [1.807, 2.05) is 0 Å². The minimum Gasteiger partial charge on any atom is -0.323 e. The Labute approximate surface area is 73.7 Å². The number of hydrogen-bond donors (Lipinski definition) is 2. The summed E-state index contributed by atoms with van der Waals surface area (Å²) in [5.74, 6) is 4.69. The molecule has 0 aromatic rings. The molecule has 72 valence electrons. The smallest absolute Gasteiger partial charge is 0.0679 e. The molecule has 0 spiro atoms. The molecule has 0 bridgehead atoms. The van der Waals surface area contributed by atoms with Gasteiger partial charge < -0.3 is 10.7 Å². The SMILES string of the molecule is CCCONC.CN=CC=NN. The van der Waals surface area contributed by atoms with Crippen LogP contribution >= 0.6 is 0 Å². The molecule has 0 unspecified atom stereocenters. The number of hydrogen-bond acceptors (Lipinski definition) is 5. The Bertz CT molecular complexity index is 100.0. The molecule has 0 aliphatic heterocycles. The molecule has 0 rings (SSSR count). The van der Waals surface area contributed by atoms with Crippen LogP contribution in [0.1, 0.15) is 13.3 Å². The highest BCUT2D eigenvalue weighted by molar-refractivity contribution is 6.15. The lowest BCUT2D eigenvalue weighted by molar-refractivity contribution is 0.0585. The molecular formula is C7H18N4O. The van der Waals surface area contributed by atoms with Crippen LogP contribution in [0.25, 0.3) is 0 Å². The van der Waals surface area contributed by atoms with Gasteiger partial charge in [-0.25, -0.2) is 5.48 Å². The van der Waals surface area contributed by atoms with Crippen molar-refractivity contribution in [2.24, 2.45) is 15.9 Å². The van der Waals surface area contributed by atoms with Crippen molar-refractivity contribution in [3.8, 4) is 0 Å². The Kier molecular flexibility index (Phi) is 18.8. The molecule has 0 atom stereocenters. The van der Waals surface area contributed by atoms with Crippen LogP contribution in [0, 0.1) is 0 Å². The second-order valence-electron chi connectivity index (χ2n) is 1.76. The Morgan fingerprint density at radius 2 is 2.17 bits per heavy atom. The van der Waals surface area contributed by atoms with Crippen LogP contribution in [0.15, 0.2) is 10.1 Å². The van der Waals surface area contributed by atoms with Gasteiger partial charge in [0, 0.05) is 20.3 Å². The maximum atomic E-state index is 4.73. The number of nitrogens with one attached hydrogen (secondary N) is 1. The van der Waals surface area contributed by atoms with Gasteiger partial charge in [-0.05, 0) is 6.42 Å². The molecule has 5 nitrogen and oxygen atoms in total. The van der Waals surface area contributed by atoms with E-state index in [1.165, 1.54) is 12.4 Å². The number of hydroxylamine groups is 1. The fraction of sp³-hybridized carbons (Fsp3) is 0.714. The van der Waals surface area contributed by atoms with Gasteiger partial charge in [-0.1, -0.05) is 6.92 Å². The second-order valence-corrected chi connectivity index (χ2v) is 1.76.